The van der Waals surface area contributed by atoms with Crippen molar-refractivity contribution in [2.45, 2.75) is 19.9 Å². The Balaban J connectivity index is 1.52. The first-order valence-corrected chi connectivity index (χ1v) is 9.17. The molecule has 0 amide bonds. The quantitative estimate of drug-likeness (QED) is 0.756. The van der Waals surface area contributed by atoms with Gasteiger partial charge in [-0.05, 0) is 60.8 Å². The highest BCUT2D eigenvalue weighted by Crippen LogP contribution is 2.27. The summed E-state index contributed by atoms with van der Waals surface area (Å²) in [6.07, 6.45) is 4.79. The molecule has 1 N–H and O–H groups in total. The van der Waals surface area contributed by atoms with Crippen LogP contribution in [0.15, 0.2) is 48.8 Å². The fourth-order valence-electron chi connectivity index (χ4n) is 3.45. The summed E-state index contributed by atoms with van der Waals surface area (Å²) in [7, 11) is 3.84. The first kappa shape index (κ1) is 17.5. The van der Waals surface area contributed by atoms with Crippen molar-refractivity contribution in [3.8, 4) is 16.9 Å². The highest BCUT2D eigenvalue weighted by Gasteiger charge is 2.13. The number of nitrogens with zero attached hydrogens (tertiary/aromatic N) is 3. The lowest BCUT2D eigenvalue weighted by Gasteiger charge is -2.25. The number of rotatable bonds is 4. The number of likely N-dealkylation sites (N-methyl/N-ethyl adjacent to an activating group) is 1. The Hall–Kier alpha value is -2.92. The molecule has 0 unspecified atom stereocenters. The van der Waals surface area contributed by atoms with E-state index >= 15 is 0 Å². The predicted molar refractivity (Wildman–Crippen MR) is 109 cm³/mol. The third-order valence-corrected chi connectivity index (χ3v) is 5.06. The second-order valence-corrected chi connectivity index (χ2v) is 7.08. The van der Waals surface area contributed by atoms with Crippen LogP contribution in [0.3, 0.4) is 0 Å². The van der Waals surface area contributed by atoms with E-state index in [0.29, 0.717) is 5.95 Å². The number of fused-ring (bicyclic) bond motifs is 1. The molecule has 0 radical (unpaired) electrons. The van der Waals surface area contributed by atoms with E-state index in [0.717, 1.165) is 47.6 Å². The zero-order valence-corrected chi connectivity index (χ0v) is 16.0. The van der Waals surface area contributed by atoms with Crippen molar-refractivity contribution < 1.29 is 4.74 Å². The van der Waals surface area contributed by atoms with E-state index in [1.165, 1.54) is 11.1 Å². The van der Waals surface area contributed by atoms with E-state index in [9.17, 15) is 0 Å². The summed E-state index contributed by atoms with van der Waals surface area (Å²) >= 11 is 0. The van der Waals surface area contributed by atoms with Gasteiger partial charge in [-0.15, -0.1) is 0 Å². The molecule has 138 valence electrons. The molecular weight excluding hydrogens is 336 g/mol. The second kappa shape index (κ2) is 7.37. The SMILES string of the molecule is COc1cc(-c2cnc(Nc3ccc4c(c3)CN(C)CC4)nc2)ccc1C. The van der Waals surface area contributed by atoms with Crippen molar-refractivity contribution in [2.75, 3.05) is 26.0 Å². The summed E-state index contributed by atoms with van der Waals surface area (Å²) in [5.74, 6) is 1.47. The van der Waals surface area contributed by atoms with E-state index < -0.39 is 0 Å². The molecule has 0 spiro atoms. The number of aryl methyl sites for hydroxylation is 1. The Bertz CT molecular complexity index is 953. The minimum absolute atomic E-state index is 0.599. The van der Waals surface area contributed by atoms with Crippen LogP contribution < -0.4 is 10.1 Å². The summed E-state index contributed by atoms with van der Waals surface area (Å²) in [6, 6.07) is 12.6. The van der Waals surface area contributed by atoms with Crippen LogP contribution in [0.2, 0.25) is 0 Å². The second-order valence-electron chi connectivity index (χ2n) is 7.08. The van der Waals surface area contributed by atoms with Gasteiger partial charge in [-0.3, -0.25) is 0 Å². The van der Waals surface area contributed by atoms with Crippen molar-refractivity contribution in [1.29, 1.82) is 0 Å². The van der Waals surface area contributed by atoms with Crippen LogP contribution in [0.5, 0.6) is 5.75 Å². The lowest BCUT2D eigenvalue weighted by atomic mass is 9.99. The lowest BCUT2D eigenvalue weighted by Crippen LogP contribution is -2.26. The van der Waals surface area contributed by atoms with Gasteiger partial charge in [-0.25, -0.2) is 9.97 Å². The van der Waals surface area contributed by atoms with Crippen LogP contribution in [0.4, 0.5) is 11.6 Å². The third-order valence-electron chi connectivity index (χ3n) is 5.06. The molecule has 4 rings (SSSR count). The minimum Gasteiger partial charge on any atom is -0.496 e. The summed E-state index contributed by atoms with van der Waals surface area (Å²) in [4.78, 5) is 11.3. The van der Waals surface area contributed by atoms with E-state index in [4.69, 9.17) is 4.74 Å². The van der Waals surface area contributed by atoms with E-state index in [1.807, 2.05) is 31.5 Å². The van der Waals surface area contributed by atoms with Gasteiger partial charge in [0, 0.05) is 36.7 Å². The smallest absolute Gasteiger partial charge is 0.227 e. The summed E-state index contributed by atoms with van der Waals surface area (Å²) in [6.45, 7) is 4.14. The molecule has 5 nitrogen and oxygen atoms in total. The number of nitrogens with one attached hydrogen (secondary N) is 1. The van der Waals surface area contributed by atoms with Gasteiger partial charge in [0.2, 0.25) is 5.95 Å². The molecule has 0 fully saturated rings. The molecule has 0 atom stereocenters. The van der Waals surface area contributed by atoms with Crippen LogP contribution in [0, 0.1) is 6.92 Å². The average Bonchev–Trinajstić information content (AvgIpc) is 2.69. The van der Waals surface area contributed by atoms with Gasteiger partial charge >= 0.3 is 0 Å². The first-order chi connectivity index (χ1) is 13.1. The van der Waals surface area contributed by atoms with E-state index in [1.54, 1.807) is 7.11 Å². The van der Waals surface area contributed by atoms with E-state index in [2.05, 4.69) is 51.5 Å². The van der Waals surface area contributed by atoms with Gasteiger partial charge in [0.05, 0.1) is 7.11 Å². The molecule has 5 heteroatoms. The molecule has 0 saturated heterocycles. The maximum atomic E-state index is 5.41. The fraction of sp³-hybridized carbons (Fsp3) is 0.273. The first-order valence-electron chi connectivity index (χ1n) is 9.17. The van der Waals surface area contributed by atoms with Crippen LogP contribution >= 0.6 is 0 Å². The molecule has 1 aliphatic rings. The Morgan fingerprint density at radius 1 is 1.00 bits per heavy atom. The molecule has 1 aromatic heterocycles. The zero-order chi connectivity index (χ0) is 18.8. The summed E-state index contributed by atoms with van der Waals surface area (Å²) in [5, 5.41) is 3.31. The molecule has 0 aliphatic carbocycles. The Morgan fingerprint density at radius 3 is 2.59 bits per heavy atom. The standard InChI is InChI=1S/C22H24N4O/c1-15-4-5-17(11-21(15)27-3)19-12-23-22(24-13-19)25-20-7-6-16-8-9-26(2)14-18(16)10-20/h4-7,10-13H,8-9,14H2,1-3H3,(H,23,24,25). The number of aromatic nitrogens is 2. The van der Waals surface area contributed by atoms with Crippen molar-refractivity contribution in [3.63, 3.8) is 0 Å². The van der Waals surface area contributed by atoms with Gasteiger partial charge in [0.15, 0.2) is 0 Å². The highest BCUT2D eigenvalue weighted by atomic mass is 16.5. The van der Waals surface area contributed by atoms with Gasteiger partial charge in [0.1, 0.15) is 5.75 Å². The van der Waals surface area contributed by atoms with Gasteiger partial charge in [-0.2, -0.15) is 0 Å². The van der Waals surface area contributed by atoms with E-state index in [-0.39, 0.29) is 0 Å². The number of anilines is 2. The topological polar surface area (TPSA) is 50.3 Å². The number of hydrogen-bond acceptors (Lipinski definition) is 5. The van der Waals surface area contributed by atoms with Crippen LogP contribution in [-0.2, 0) is 13.0 Å². The van der Waals surface area contributed by atoms with Crippen molar-refractivity contribution in [1.82, 2.24) is 14.9 Å². The van der Waals surface area contributed by atoms with Crippen molar-refractivity contribution in [2.24, 2.45) is 0 Å². The number of ether oxygens (including phenoxy) is 1. The Kier molecular flexibility index (Phi) is 4.77. The molecule has 27 heavy (non-hydrogen) atoms. The summed E-state index contributed by atoms with van der Waals surface area (Å²) in [5.41, 5.74) is 6.94. The maximum absolute atomic E-state index is 5.41. The van der Waals surface area contributed by atoms with Gasteiger partial charge < -0.3 is 15.0 Å². The summed E-state index contributed by atoms with van der Waals surface area (Å²) < 4.78 is 5.41. The Morgan fingerprint density at radius 2 is 1.81 bits per heavy atom. The number of methoxy groups -OCH3 is 1. The monoisotopic (exact) mass is 360 g/mol. The number of benzene rings is 2. The minimum atomic E-state index is 0.599. The molecule has 3 aromatic rings. The molecule has 0 bridgehead atoms. The highest BCUT2D eigenvalue weighted by molar-refractivity contribution is 5.65. The van der Waals surface area contributed by atoms with Crippen molar-refractivity contribution in [3.05, 3.63) is 65.5 Å². The largest absolute Gasteiger partial charge is 0.496 e. The molecule has 2 heterocycles. The third kappa shape index (κ3) is 3.78. The molecule has 2 aromatic carbocycles. The number of hydrogen-bond donors (Lipinski definition) is 1. The zero-order valence-electron chi connectivity index (χ0n) is 16.0. The molecule has 0 saturated carbocycles. The van der Waals surface area contributed by atoms with Gasteiger partial charge in [-0.1, -0.05) is 18.2 Å². The van der Waals surface area contributed by atoms with Crippen LogP contribution in [-0.4, -0.2) is 35.6 Å². The van der Waals surface area contributed by atoms with Crippen LogP contribution in [0.25, 0.3) is 11.1 Å². The molecule has 1 aliphatic heterocycles. The fourth-order valence-corrected chi connectivity index (χ4v) is 3.45. The van der Waals surface area contributed by atoms with Gasteiger partial charge in [0.25, 0.3) is 0 Å². The predicted octanol–water partition coefficient (Wildman–Crippen LogP) is 4.19. The van der Waals surface area contributed by atoms with Crippen molar-refractivity contribution >= 4 is 11.6 Å². The average molecular weight is 360 g/mol. The Labute approximate surface area is 160 Å². The maximum Gasteiger partial charge on any atom is 0.227 e. The van der Waals surface area contributed by atoms with Crippen LogP contribution in [0.1, 0.15) is 16.7 Å². The lowest BCUT2D eigenvalue weighted by molar-refractivity contribution is 0.313. The normalized spacial score (nSPS) is 13.9. The molecular formula is C22H24N4O.